The predicted octanol–water partition coefficient (Wildman–Crippen LogP) is 3.17. The van der Waals surface area contributed by atoms with E-state index in [1.807, 2.05) is 18.3 Å². The molecule has 0 aliphatic heterocycles. The Morgan fingerprint density at radius 3 is 2.47 bits per heavy atom. The molecule has 0 spiro atoms. The molecule has 0 radical (unpaired) electrons. The van der Waals surface area contributed by atoms with E-state index in [1.54, 1.807) is 0 Å². The summed E-state index contributed by atoms with van der Waals surface area (Å²) in [7, 11) is 0. The normalized spacial score (nSPS) is 15.3. The van der Waals surface area contributed by atoms with Gasteiger partial charge in [0, 0.05) is 18.3 Å². The molecule has 0 aliphatic rings. The van der Waals surface area contributed by atoms with Crippen molar-refractivity contribution in [2.45, 2.75) is 46.2 Å². The maximum atomic E-state index is 4.35. The van der Waals surface area contributed by atoms with E-state index >= 15 is 0 Å². The summed E-state index contributed by atoms with van der Waals surface area (Å²) in [5.41, 5.74) is 1.12. The monoisotopic (exact) mass is 206 g/mol. The highest BCUT2D eigenvalue weighted by atomic mass is 15.0. The molecule has 1 aromatic rings. The molecule has 1 unspecified atom stereocenters. The molecule has 15 heavy (non-hydrogen) atoms. The molecule has 2 nitrogen and oxygen atoms in total. The average Bonchev–Trinajstić information content (AvgIpc) is 2.17. The van der Waals surface area contributed by atoms with Gasteiger partial charge in [0.05, 0.1) is 5.69 Å². The number of pyridine rings is 1. The molecule has 0 saturated heterocycles. The minimum atomic E-state index is 0.333. The van der Waals surface area contributed by atoms with Gasteiger partial charge in [-0.05, 0) is 38.3 Å². The first-order valence-electron chi connectivity index (χ1n) is 5.76. The summed E-state index contributed by atoms with van der Waals surface area (Å²) in [5, 5.41) is 3.56. The van der Waals surface area contributed by atoms with E-state index in [0.29, 0.717) is 12.1 Å². The number of aromatic nitrogens is 1. The molecule has 1 rings (SSSR count). The van der Waals surface area contributed by atoms with Gasteiger partial charge in [-0.15, -0.1) is 0 Å². The average molecular weight is 206 g/mol. The summed E-state index contributed by atoms with van der Waals surface area (Å²) in [6.45, 7) is 8.91. The Kier molecular flexibility index (Phi) is 4.76. The van der Waals surface area contributed by atoms with Crippen molar-refractivity contribution in [2.75, 3.05) is 0 Å². The van der Waals surface area contributed by atoms with Crippen molar-refractivity contribution in [3.8, 4) is 0 Å². The van der Waals surface area contributed by atoms with Gasteiger partial charge in [0.2, 0.25) is 0 Å². The lowest BCUT2D eigenvalue weighted by atomic mass is 10.0. The zero-order chi connectivity index (χ0) is 11.3. The van der Waals surface area contributed by atoms with Crippen LogP contribution in [0.15, 0.2) is 24.4 Å². The fraction of sp³-hybridized carbons (Fsp3) is 0.615. The van der Waals surface area contributed by atoms with Gasteiger partial charge in [-0.25, -0.2) is 0 Å². The predicted molar refractivity (Wildman–Crippen MR) is 64.7 cm³/mol. The van der Waals surface area contributed by atoms with Gasteiger partial charge in [0.1, 0.15) is 0 Å². The van der Waals surface area contributed by atoms with Crippen molar-refractivity contribution in [3.63, 3.8) is 0 Å². The van der Waals surface area contributed by atoms with Crippen LogP contribution in [0.1, 0.15) is 45.9 Å². The van der Waals surface area contributed by atoms with Crippen LogP contribution in [0.3, 0.4) is 0 Å². The lowest BCUT2D eigenvalue weighted by molar-refractivity contribution is 0.403. The van der Waals surface area contributed by atoms with Crippen molar-refractivity contribution in [1.29, 1.82) is 0 Å². The molecule has 84 valence electrons. The standard InChI is InChI=1S/C13H22N2/c1-10(2)9-11(3)15-12(4)13-7-5-6-8-14-13/h5-8,10-12,15H,9H2,1-4H3/t11?,12-/m1/s1. The van der Waals surface area contributed by atoms with Crippen LogP contribution in [-0.4, -0.2) is 11.0 Å². The Balaban J connectivity index is 2.45. The minimum absolute atomic E-state index is 0.333. The lowest BCUT2D eigenvalue weighted by Gasteiger charge is -2.21. The molecular weight excluding hydrogens is 184 g/mol. The van der Waals surface area contributed by atoms with Crippen LogP contribution in [-0.2, 0) is 0 Å². The summed E-state index contributed by atoms with van der Waals surface area (Å²) < 4.78 is 0. The van der Waals surface area contributed by atoms with Crippen LogP contribution in [0, 0.1) is 5.92 Å². The van der Waals surface area contributed by atoms with Crippen LogP contribution in [0.4, 0.5) is 0 Å². The molecule has 1 aromatic heterocycles. The Morgan fingerprint density at radius 1 is 1.20 bits per heavy atom. The van der Waals surface area contributed by atoms with E-state index in [-0.39, 0.29) is 0 Å². The molecule has 0 bridgehead atoms. The summed E-state index contributed by atoms with van der Waals surface area (Å²) in [5.74, 6) is 0.739. The van der Waals surface area contributed by atoms with E-state index in [1.165, 1.54) is 6.42 Å². The van der Waals surface area contributed by atoms with E-state index < -0.39 is 0 Å². The van der Waals surface area contributed by atoms with Crippen molar-refractivity contribution < 1.29 is 0 Å². The summed E-state index contributed by atoms with van der Waals surface area (Å²) >= 11 is 0. The fourth-order valence-corrected chi connectivity index (χ4v) is 1.92. The van der Waals surface area contributed by atoms with Crippen LogP contribution < -0.4 is 5.32 Å². The molecule has 0 fully saturated rings. The highest BCUT2D eigenvalue weighted by Gasteiger charge is 2.10. The first-order valence-corrected chi connectivity index (χ1v) is 5.76. The van der Waals surface area contributed by atoms with Gasteiger partial charge in [-0.3, -0.25) is 4.98 Å². The topological polar surface area (TPSA) is 24.9 Å². The first-order chi connectivity index (χ1) is 7.09. The van der Waals surface area contributed by atoms with Crippen molar-refractivity contribution in [3.05, 3.63) is 30.1 Å². The molecule has 0 saturated carbocycles. The fourth-order valence-electron chi connectivity index (χ4n) is 1.92. The first kappa shape index (κ1) is 12.2. The summed E-state index contributed by atoms with van der Waals surface area (Å²) in [6.07, 6.45) is 3.05. The molecule has 1 N–H and O–H groups in total. The Hall–Kier alpha value is -0.890. The van der Waals surface area contributed by atoms with Gasteiger partial charge >= 0.3 is 0 Å². The summed E-state index contributed by atoms with van der Waals surface area (Å²) in [4.78, 5) is 4.35. The highest BCUT2D eigenvalue weighted by Crippen LogP contribution is 2.12. The number of nitrogens with one attached hydrogen (secondary N) is 1. The molecule has 0 aliphatic carbocycles. The Morgan fingerprint density at radius 2 is 1.93 bits per heavy atom. The number of hydrogen-bond acceptors (Lipinski definition) is 2. The largest absolute Gasteiger partial charge is 0.306 e. The number of hydrogen-bond donors (Lipinski definition) is 1. The van der Waals surface area contributed by atoms with Crippen LogP contribution in [0.5, 0.6) is 0 Å². The third-order valence-corrected chi connectivity index (χ3v) is 2.49. The minimum Gasteiger partial charge on any atom is -0.306 e. The Labute approximate surface area is 93.1 Å². The zero-order valence-corrected chi connectivity index (χ0v) is 10.2. The van der Waals surface area contributed by atoms with E-state index in [2.05, 4.69) is 44.1 Å². The van der Waals surface area contributed by atoms with Crippen molar-refractivity contribution >= 4 is 0 Å². The highest BCUT2D eigenvalue weighted by molar-refractivity contribution is 5.07. The molecule has 2 atom stereocenters. The van der Waals surface area contributed by atoms with Crippen LogP contribution in [0.25, 0.3) is 0 Å². The van der Waals surface area contributed by atoms with Gasteiger partial charge in [-0.2, -0.15) is 0 Å². The molecule has 1 heterocycles. The molecular formula is C13H22N2. The van der Waals surface area contributed by atoms with E-state index in [0.717, 1.165) is 11.6 Å². The zero-order valence-electron chi connectivity index (χ0n) is 10.2. The second-order valence-electron chi connectivity index (χ2n) is 4.67. The van der Waals surface area contributed by atoms with Gasteiger partial charge in [0.25, 0.3) is 0 Å². The van der Waals surface area contributed by atoms with Crippen LogP contribution in [0.2, 0.25) is 0 Å². The van der Waals surface area contributed by atoms with Gasteiger partial charge < -0.3 is 5.32 Å². The third-order valence-electron chi connectivity index (χ3n) is 2.49. The third kappa shape index (κ3) is 4.43. The van der Waals surface area contributed by atoms with Gasteiger partial charge in [-0.1, -0.05) is 19.9 Å². The summed E-state index contributed by atoms with van der Waals surface area (Å²) in [6, 6.07) is 6.93. The number of rotatable bonds is 5. The van der Waals surface area contributed by atoms with Crippen molar-refractivity contribution in [1.82, 2.24) is 10.3 Å². The quantitative estimate of drug-likeness (QED) is 0.800. The molecule has 2 heteroatoms. The Bertz CT molecular complexity index is 269. The smallest absolute Gasteiger partial charge is 0.0570 e. The number of nitrogens with zero attached hydrogens (tertiary/aromatic N) is 1. The van der Waals surface area contributed by atoms with E-state index in [4.69, 9.17) is 0 Å². The second-order valence-corrected chi connectivity index (χ2v) is 4.67. The SMILES string of the molecule is CC(C)CC(C)N[C@H](C)c1ccccn1. The molecule has 0 aromatic carbocycles. The second kappa shape index (κ2) is 5.86. The van der Waals surface area contributed by atoms with Crippen molar-refractivity contribution in [2.24, 2.45) is 5.92 Å². The van der Waals surface area contributed by atoms with E-state index in [9.17, 15) is 0 Å². The molecule has 0 amide bonds. The maximum Gasteiger partial charge on any atom is 0.0570 e. The maximum absolute atomic E-state index is 4.35. The van der Waals surface area contributed by atoms with Gasteiger partial charge in [0.15, 0.2) is 0 Å². The lowest BCUT2D eigenvalue weighted by Crippen LogP contribution is -2.30. The van der Waals surface area contributed by atoms with Crippen LogP contribution >= 0.6 is 0 Å².